The number of nitrogens with zero attached hydrogens (tertiary/aromatic N) is 1. The van der Waals surface area contributed by atoms with Gasteiger partial charge in [0, 0.05) is 18.6 Å². The molecule has 16 heavy (non-hydrogen) atoms. The Bertz CT molecular complexity index is 380. The molecule has 0 atom stereocenters. The van der Waals surface area contributed by atoms with Crippen LogP contribution in [-0.4, -0.2) is 17.4 Å². The van der Waals surface area contributed by atoms with Crippen molar-refractivity contribution < 1.29 is 4.39 Å². The van der Waals surface area contributed by atoms with Crippen LogP contribution < -0.4 is 5.32 Å². The van der Waals surface area contributed by atoms with Gasteiger partial charge in [-0.25, -0.2) is 9.37 Å². The van der Waals surface area contributed by atoms with Gasteiger partial charge in [-0.2, -0.15) is 0 Å². The minimum Gasteiger partial charge on any atom is -0.367 e. The van der Waals surface area contributed by atoms with E-state index in [0.717, 1.165) is 25.8 Å². The Labute approximate surface area is 104 Å². The van der Waals surface area contributed by atoms with E-state index in [4.69, 9.17) is 23.2 Å². The molecule has 2 rings (SSSR count). The number of alkyl halides is 1. The van der Waals surface area contributed by atoms with Crippen LogP contribution in [0, 0.1) is 11.2 Å². The summed E-state index contributed by atoms with van der Waals surface area (Å²) in [5.41, 5.74) is 0.259. The molecule has 0 amide bonds. The Morgan fingerprint density at radius 1 is 1.50 bits per heavy atom. The van der Waals surface area contributed by atoms with E-state index in [1.807, 2.05) is 0 Å². The molecule has 0 radical (unpaired) electrons. The fourth-order valence-corrected chi connectivity index (χ4v) is 2.25. The highest BCUT2D eigenvalue weighted by Crippen LogP contribution is 2.48. The molecular formula is C11H13Cl2FN2. The van der Waals surface area contributed by atoms with E-state index in [2.05, 4.69) is 10.3 Å². The molecule has 1 aromatic heterocycles. The minimum atomic E-state index is -0.408. The van der Waals surface area contributed by atoms with E-state index in [0.29, 0.717) is 10.9 Å². The van der Waals surface area contributed by atoms with Gasteiger partial charge in [-0.3, -0.25) is 0 Å². The maximum Gasteiger partial charge on any atom is 0.166 e. The number of aromatic nitrogens is 1. The van der Waals surface area contributed by atoms with Crippen LogP contribution in [0.2, 0.25) is 5.02 Å². The van der Waals surface area contributed by atoms with Gasteiger partial charge < -0.3 is 5.32 Å². The number of halogens is 3. The predicted octanol–water partition coefficient (Wildman–Crippen LogP) is 3.70. The number of anilines is 1. The molecule has 2 nitrogen and oxygen atoms in total. The van der Waals surface area contributed by atoms with Crippen LogP contribution in [0.1, 0.15) is 19.3 Å². The molecule has 1 fully saturated rings. The summed E-state index contributed by atoms with van der Waals surface area (Å²) in [6, 6.07) is 1.26. The summed E-state index contributed by atoms with van der Waals surface area (Å²) in [6.45, 7) is 0.727. The summed E-state index contributed by atoms with van der Waals surface area (Å²) >= 11 is 11.3. The Morgan fingerprint density at radius 3 is 2.81 bits per heavy atom. The van der Waals surface area contributed by atoms with Crippen molar-refractivity contribution in [2.45, 2.75) is 19.3 Å². The Kier molecular flexibility index (Phi) is 3.55. The average Bonchev–Trinajstić information content (AvgIpc) is 2.98. The molecule has 5 heteroatoms. The highest BCUT2D eigenvalue weighted by atomic mass is 35.5. The van der Waals surface area contributed by atoms with Gasteiger partial charge in [0.15, 0.2) is 11.6 Å². The summed E-state index contributed by atoms with van der Waals surface area (Å²) in [4.78, 5) is 3.92. The van der Waals surface area contributed by atoms with Gasteiger partial charge in [-0.1, -0.05) is 11.6 Å². The highest BCUT2D eigenvalue weighted by Gasteiger charge is 2.41. The van der Waals surface area contributed by atoms with Crippen molar-refractivity contribution in [2.24, 2.45) is 5.41 Å². The van der Waals surface area contributed by atoms with Crippen molar-refractivity contribution in [2.75, 3.05) is 17.7 Å². The first-order valence-corrected chi connectivity index (χ1v) is 6.17. The molecule has 0 saturated heterocycles. The smallest absolute Gasteiger partial charge is 0.166 e. The molecule has 1 aromatic rings. The molecule has 1 aliphatic rings. The summed E-state index contributed by atoms with van der Waals surface area (Å²) in [6.07, 6.45) is 4.72. The van der Waals surface area contributed by atoms with Crippen LogP contribution in [0.25, 0.3) is 0 Å². The van der Waals surface area contributed by atoms with Gasteiger partial charge in [-0.15, -0.1) is 11.6 Å². The van der Waals surface area contributed by atoms with Crippen molar-refractivity contribution in [3.63, 3.8) is 0 Å². The zero-order chi connectivity index (χ0) is 11.6. The quantitative estimate of drug-likeness (QED) is 0.819. The lowest BCUT2D eigenvalue weighted by atomic mass is 10.0. The molecular weight excluding hydrogens is 250 g/mol. The van der Waals surface area contributed by atoms with Crippen LogP contribution in [0.15, 0.2) is 12.3 Å². The lowest BCUT2D eigenvalue weighted by Crippen LogP contribution is -2.17. The number of pyridine rings is 1. The van der Waals surface area contributed by atoms with Gasteiger partial charge in [0.2, 0.25) is 0 Å². The van der Waals surface area contributed by atoms with Gasteiger partial charge in [0.25, 0.3) is 0 Å². The molecule has 0 aromatic carbocycles. The standard InChI is InChI=1S/C11H13Cl2FN2/c12-4-3-11(1-2-11)7-16-10-9(14)5-8(13)6-15-10/h5-6H,1-4,7H2,(H,15,16). The summed E-state index contributed by atoms with van der Waals surface area (Å²) < 4.78 is 13.4. The Hall–Kier alpha value is -0.540. The molecule has 1 aliphatic carbocycles. The van der Waals surface area contributed by atoms with E-state index in [1.165, 1.54) is 12.3 Å². The van der Waals surface area contributed by atoms with Gasteiger partial charge in [0.05, 0.1) is 5.02 Å². The Morgan fingerprint density at radius 2 is 2.25 bits per heavy atom. The van der Waals surface area contributed by atoms with Crippen LogP contribution in [0.3, 0.4) is 0 Å². The van der Waals surface area contributed by atoms with Gasteiger partial charge in [-0.05, 0) is 30.7 Å². The number of rotatable bonds is 5. The average molecular weight is 263 g/mol. The van der Waals surface area contributed by atoms with E-state index >= 15 is 0 Å². The second-order valence-electron chi connectivity index (χ2n) is 4.28. The molecule has 88 valence electrons. The van der Waals surface area contributed by atoms with Gasteiger partial charge in [0.1, 0.15) is 0 Å². The van der Waals surface area contributed by atoms with Crippen molar-refractivity contribution >= 4 is 29.0 Å². The van der Waals surface area contributed by atoms with Crippen molar-refractivity contribution in [3.8, 4) is 0 Å². The summed E-state index contributed by atoms with van der Waals surface area (Å²) in [5, 5.41) is 3.33. The normalized spacial score (nSPS) is 17.2. The van der Waals surface area contributed by atoms with Crippen molar-refractivity contribution in [1.29, 1.82) is 0 Å². The lowest BCUT2D eigenvalue weighted by Gasteiger charge is -2.15. The number of hydrogen-bond donors (Lipinski definition) is 1. The third-order valence-electron chi connectivity index (χ3n) is 3.02. The van der Waals surface area contributed by atoms with E-state index in [9.17, 15) is 4.39 Å². The first kappa shape index (κ1) is 11.9. The second kappa shape index (κ2) is 4.76. The maximum atomic E-state index is 13.4. The topological polar surface area (TPSA) is 24.9 Å². The summed E-state index contributed by atoms with van der Waals surface area (Å²) in [5.74, 6) is 0.512. The SMILES string of the molecule is Fc1cc(Cl)cnc1NCC1(CCCl)CC1. The van der Waals surface area contributed by atoms with Gasteiger partial charge >= 0.3 is 0 Å². The van der Waals surface area contributed by atoms with E-state index < -0.39 is 5.82 Å². The summed E-state index contributed by atoms with van der Waals surface area (Å²) in [7, 11) is 0. The molecule has 0 bridgehead atoms. The fraction of sp³-hybridized carbons (Fsp3) is 0.545. The molecule has 1 saturated carbocycles. The monoisotopic (exact) mass is 262 g/mol. The highest BCUT2D eigenvalue weighted by molar-refractivity contribution is 6.30. The zero-order valence-corrected chi connectivity index (χ0v) is 10.3. The molecule has 1 N–H and O–H groups in total. The second-order valence-corrected chi connectivity index (χ2v) is 5.09. The first-order valence-electron chi connectivity index (χ1n) is 5.26. The third-order valence-corrected chi connectivity index (χ3v) is 3.42. The van der Waals surface area contributed by atoms with Crippen molar-refractivity contribution in [1.82, 2.24) is 4.98 Å². The number of hydrogen-bond acceptors (Lipinski definition) is 2. The van der Waals surface area contributed by atoms with Crippen LogP contribution in [0.4, 0.5) is 10.2 Å². The predicted molar refractivity (Wildman–Crippen MR) is 64.7 cm³/mol. The maximum absolute atomic E-state index is 13.4. The molecule has 0 spiro atoms. The lowest BCUT2D eigenvalue weighted by molar-refractivity contribution is 0.520. The molecule has 1 heterocycles. The van der Waals surface area contributed by atoms with E-state index in [-0.39, 0.29) is 11.2 Å². The molecule has 0 unspecified atom stereocenters. The Balaban J connectivity index is 1.94. The first-order chi connectivity index (χ1) is 7.65. The van der Waals surface area contributed by atoms with Crippen LogP contribution in [-0.2, 0) is 0 Å². The zero-order valence-electron chi connectivity index (χ0n) is 8.77. The fourth-order valence-electron chi connectivity index (χ4n) is 1.71. The minimum absolute atomic E-state index is 0.259. The van der Waals surface area contributed by atoms with Crippen LogP contribution in [0.5, 0.6) is 0 Å². The van der Waals surface area contributed by atoms with Crippen molar-refractivity contribution in [3.05, 3.63) is 23.1 Å². The molecule has 0 aliphatic heterocycles. The largest absolute Gasteiger partial charge is 0.367 e. The van der Waals surface area contributed by atoms with Crippen LogP contribution >= 0.6 is 23.2 Å². The third kappa shape index (κ3) is 2.77. The number of nitrogens with one attached hydrogen (secondary N) is 1. The van der Waals surface area contributed by atoms with E-state index in [1.54, 1.807) is 0 Å².